The van der Waals surface area contributed by atoms with Crippen molar-refractivity contribution >= 4 is 22.6 Å². The lowest BCUT2D eigenvalue weighted by Gasteiger charge is -2.16. The fraction of sp³-hybridized carbons (Fsp3) is 0.182. The van der Waals surface area contributed by atoms with E-state index < -0.39 is 24.3 Å². The van der Waals surface area contributed by atoms with Crippen molar-refractivity contribution in [1.82, 2.24) is 5.32 Å². The second-order valence-electron chi connectivity index (χ2n) is 6.40. The maximum absolute atomic E-state index is 13.5. The van der Waals surface area contributed by atoms with Crippen LogP contribution in [0.25, 0.3) is 10.8 Å². The Balaban J connectivity index is 1.61. The van der Waals surface area contributed by atoms with Crippen LogP contribution in [0.1, 0.15) is 34.5 Å². The fourth-order valence-electron chi connectivity index (χ4n) is 2.92. The van der Waals surface area contributed by atoms with Crippen LogP contribution in [0.4, 0.5) is 4.39 Å². The third kappa shape index (κ3) is 4.31. The number of carbonyl (C=O) groups is 2. The van der Waals surface area contributed by atoms with Crippen LogP contribution in [0.2, 0.25) is 0 Å². The average molecular weight is 365 g/mol. The molecule has 0 bridgehead atoms. The Kier molecular flexibility index (Phi) is 5.50. The highest BCUT2D eigenvalue weighted by Crippen LogP contribution is 2.23. The van der Waals surface area contributed by atoms with E-state index in [2.05, 4.69) is 5.32 Å². The molecule has 0 saturated carbocycles. The SMILES string of the molecule is Cc1ccc(C(=O)OCC(=O)N[C@@H](C)c2cccc3ccccc23)cc1F. The number of aryl methyl sites for hydroxylation is 1. The number of carbonyl (C=O) groups excluding carboxylic acids is 2. The van der Waals surface area contributed by atoms with Crippen molar-refractivity contribution in [2.45, 2.75) is 19.9 Å². The summed E-state index contributed by atoms with van der Waals surface area (Å²) in [5.74, 6) is -1.64. The van der Waals surface area contributed by atoms with Gasteiger partial charge in [-0.05, 0) is 47.9 Å². The van der Waals surface area contributed by atoms with Gasteiger partial charge in [0.1, 0.15) is 5.82 Å². The molecular formula is C22H20FNO3. The van der Waals surface area contributed by atoms with Crippen molar-refractivity contribution < 1.29 is 18.7 Å². The number of rotatable bonds is 5. The molecule has 138 valence electrons. The van der Waals surface area contributed by atoms with Gasteiger partial charge in [-0.2, -0.15) is 0 Å². The summed E-state index contributed by atoms with van der Waals surface area (Å²) >= 11 is 0. The first-order valence-corrected chi connectivity index (χ1v) is 8.66. The van der Waals surface area contributed by atoms with Crippen molar-refractivity contribution in [3.8, 4) is 0 Å². The summed E-state index contributed by atoms with van der Waals surface area (Å²) < 4.78 is 18.5. The minimum atomic E-state index is -0.734. The highest BCUT2D eigenvalue weighted by atomic mass is 19.1. The third-order valence-corrected chi connectivity index (χ3v) is 4.41. The Morgan fingerprint density at radius 3 is 2.59 bits per heavy atom. The maximum Gasteiger partial charge on any atom is 0.338 e. The van der Waals surface area contributed by atoms with Gasteiger partial charge >= 0.3 is 5.97 Å². The average Bonchev–Trinajstić information content (AvgIpc) is 2.67. The van der Waals surface area contributed by atoms with E-state index in [1.807, 2.05) is 49.4 Å². The molecule has 1 atom stereocenters. The zero-order valence-electron chi connectivity index (χ0n) is 15.2. The van der Waals surface area contributed by atoms with E-state index in [-0.39, 0.29) is 11.6 Å². The molecule has 3 aromatic carbocycles. The lowest BCUT2D eigenvalue weighted by Crippen LogP contribution is -2.31. The third-order valence-electron chi connectivity index (χ3n) is 4.41. The first-order valence-electron chi connectivity index (χ1n) is 8.66. The normalized spacial score (nSPS) is 11.8. The number of halogens is 1. The molecule has 0 aliphatic heterocycles. The number of amides is 1. The van der Waals surface area contributed by atoms with Crippen molar-refractivity contribution in [2.75, 3.05) is 6.61 Å². The highest BCUT2D eigenvalue weighted by molar-refractivity contribution is 5.91. The molecule has 0 aromatic heterocycles. The van der Waals surface area contributed by atoms with Crippen molar-refractivity contribution in [1.29, 1.82) is 0 Å². The van der Waals surface area contributed by atoms with Gasteiger partial charge in [0.25, 0.3) is 5.91 Å². The van der Waals surface area contributed by atoms with Crippen LogP contribution in [0, 0.1) is 12.7 Å². The maximum atomic E-state index is 13.5. The summed E-state index contributed by atoms with van der Waals surface area (Å²) in [5.41, 5.74) is 1.49. The van der Waals surface area contributed by atoms with Crippen LogP contribution in [-0.2, 0) is 9.53 Å². The summed E-state index contributed by atoms with van der Waals surface area (Å²) in [7, 11) is 0. The van der Waals surface area contributed by atoms with Gasteiger partial charge in [0.2, 0.25) is 0 Å². The molecule has 0 heterocycles. The number of hydrogen-bond acceptors (Lipinski definition) is 3. The number of esters is 1. The molecule has 5 heteroatoms. The van der Waals surface area contributed by atoms with E-state index in [9.17, 15) is 14.0 Å². The Hall–Kier alpha value is -3.21. The Labute approximate surface area is 157 Å². The number of hydrogen-bond donors (Lipinski definition) is 1. The van der Waals surface area contributed by atoms with Gasteiger partial charge in [-0.3, -0.25) is 4.79 Å². The molecule has 3 rings (SSSR count). The van der Waals surface area contributed by atoms with E-state index >= 15 is 0 Å². The van der Waals surface area contributed by atoms with Crippen LogP contribution in [0.3, 0.4) is 0 Å². The minimum Gasteiger partial charge on any atom is -0.452 e. The Morgan fingerprint density at radius 1 is 1.07 bits per heavy atom. The molecule has 0 aliphatic rings. The molecule has 0 unspecified atom stereocenters. The predicted octanol–water partition coefficient (Wildman–Crippen LogP) is 4.32. The molecule has 0 fully saturated rings. The van der Waals surface area contributed by atoms with Crippen LogP contribution in [0.5, 0.6) is 0 Å². The fourth-order valence-corrected chi connectivity index (χ4v) is 2.92. The first-order chi connectivity index (χ1) is 13.0. The van der Waals surface area contributed by atoms with E-state index in [0.29, 0.717) is 5.56 Å². The quantitative estimate of drug-likeness (QED) is 0.685. The van der Waals surface area contributed by atoms with Crippen LogP contribution in [-0.4, -0.2) is 18.5 Å². The van der Waals surface area contributed by atoms with E-state index in [4.69, 9.17) is 4.74 Å². The number of ether oxygens (including phenoxy) is 1. The van der Waals surface area contributed by atoms with Crippen molar-refractivity contribution in [3.05, 3.63) is 83.2 Å². The molecule has 1 N–H and O–H groups in total. The van der Waals surface area contributed by atoms with E-state index in [1.165, 1.54) is 12.1 Å². The Bertz CT molecular complexity index is 995. The molecular weight excluding hydrogens is 345 g/mol. The molecule has 27 heavy (non-hydrogen) atoms. The summed E-state index contributed by atoms with van der Waals surface area (Å²) in [6.45, 7) is 3.05. The zero-order valence-corrected chi connectivity index (χ0v) is 15.2. The summed E-state index contributed by atoms with van der Waals surface area (Å²) in [5, 5.41) is 4.97. The number of benzene rings is 3. The molecule has 0 spiro atoms. The van der Waals surface area contributed by atoms with E-state index in [0.717, 1.165) is 22.4 Å². The van der Waals surface area contributed by atoms with Crippen molar-refractivity contribution in [3.63, 3.8) is 0 Å². The van der Waals surface area contributed by atoms with Gasteiger partial charge in [0.15, 0.2) is 6.61 Å². The lowest BCUT2D eigenvalue weighted by atomic mass is 10.00. The van der Waals surface area contributed by atoms with Gasteiger partial charge in [0.05, 0.1) is 11.6 Å². The second-order valence-corrected chi connectivity index (χ2v) is 6.40. The topological polar surface area (TPSA) is 55.4 Å². The zero-order chi connectivity index (χ0) is 19.4. The highest BCUT2D eigenvalue weighted by Gasteiger charge is 2.15. The summed E-state index contributed by atoms with van der Waals surface area (Å²) in [4.78, 5) is 24.1. The number of fused-ring (bicyclic) bond motifs is 1. The monoisotopic (exact) mass is 365 g/mol. The van der Waals surface area contributed by atoms with Gasteiger partial charge in [-0.15, -0.1) is 0 Å². The predicted molar refractivity (Wildman–Crippen MR) is 102 cm³/mol. The lowest BCUT2D eigenvalue weighted by molar-refractivity contribution is -0.124. The molecule has 4 nitrogen and oxygen atoms in total. The summed E-state index contributed by atoms with van der Waals surface area (Å²) in [6.07, 6.45) is 0. The van der Waals surface area contributed by atoms with Gasteiger partial charge < -0.3 is 10.1 Å². The summed E-state index contributed by atoms with van der Waals surface area (Å²) in [6, 6.07) is 17.6. The molecule has 1 amide bonds. The Morgan fingerprint density at radius 2 is 1.81 bits per heavy atom. The smallest absolute Gasteiger partial charge is 0.338 e. The van der Waals surface area contributed by atoms with E-state index in [1.54, 1.807) is 6.92 Å². The molecule has 0 radical (unpaired) electrons. The van der Waals surface area contributed by atoms with Crippen LogP contribution < -0.4 is 5.32 Å². The van der Waals surface area contributed by atoms with Crippen LogP contribution >= 0.6 is 0 Å². The molecule has 3 aromatic rings. The number of nitrogens with one attached hydrogen (secondary N) is 1. The van der Waals surface area contributed by atoms with Gasteiger partial charge in [0, 0.05) is 0 Å². The molecule has 0 aliphatic carbocycles. The largest absolute Gasteiger partial charge is 0.452 e. The van der Waals surface area contributed by atoms with Crippen LogP contribution in [0.15, 0.2) is 60.7 Å². The standard InChI is InChI=1S/C22H20FNO3/c1-14-10-11-17(12-20(14)23)22(26)27-13-21(25)24-15(2)18-9-5-7-16-6-3-4-8-19(16)18/h3-12,15H,13H2,1-2H3,(H,24,25)/t15-/m0/s1. The van der Waals surface area contributed by atoms with Crippen molar-refractivity contribution in [2.24, 2.45) is 0 Å². The van der Waals surface area contributed by atoms with Gasteiger partial charge in [-0.25, -0.2) is 9.18 Å². The first kappa shape index (κ1) is 18.6. The molecule has 0 saturated heterocycles. The second kappa shape index (κ2) is 7.99. The van der Waals surface area contributed by atoms with Gasteiger partial charge in [-0.1, -0.05) is 48.5 Å². The minimum absolute atomic E-state index is 0.0769.